The minimum Gasteiger partial charge on any atom is -0.478 e. The van der Waals surface area contributed by atoms with Gasteiger partial charge in [-0.15, -0.1) is 0 Å². The number of nitrogens with zero attached hydrogens (tertiary/aromatic N) is 4. The molecule has 3 rings (SSSR count). The second kappa shape index (κ2) is 4.41. The molecule has 3 aromatic rings. The number of aromatic nitrogens is 4. The average molecular weight is 268 g/mol. The molecule has 0 unspecified atom stereocenters. The Morgan fingerprint density at radius 2 is 2.10 bits per heavy atom. The molecule has 0 amide bonds. The predicted octanol–water partition coefficient (Wildman–Crippen LogP) is 2.04. The van der Waals surface area contributed by atoms with E-state index in [0.29, 0.717) is 28.2 Å². The molecule has 0 aliphatic rings. The number of aromatic carboxylic acids is 1. The maximum absolute atomic E-state index is 11.3. The fourth-order valence-corrected chi connectivity index (χ4v) is 2.22. The van der Waals surface area contributed by atoms with E-state index in [1.807, 2.05) is 18.2 Å². The number of rotatable bonds is 2. The van der Waals surface area contributed by atoms with Crippen LogP contribution in [0.2, 0.25) is 0 Å². The van der Waals surface area contributed by atoms with Gasteiger partial charge in [0.15, 0.2) is 5.82 Å². The number of hydrogen-bond donors (Lipinski definition) is 1. The number of aryl methyl sites for hydroxylation is 2. The molecule has 6 heteroatoms. The third-order valence-corrected chi connectivity index (χ3v) is 3.12. The lowest BCUT2D eigenvalue weighted by Crippen LogP contribution is -1.99. The van der Waals surface area contributed by atoms with Crippen molar-refractivity contribution >= 4 is 17.0 Å². The molecular formula is C14H12N4O2. The van der Waals surface area contributed by atoms with Crippen LogP contribution in [0.3, 0.4) is 0 Å². The van der Waals surface area contributed by atoms with E-state index in [1.54, 1.807) is 30.9 Å². The molecule has 0 atom stereocenters. The zero-order valence-electron chi connectivity index (χ0n) is 11.0. The van der Waals surface area contributed by atoms with Crippen LogP contribution in [-0.4, -0.2) is 30.6 Å². The fourth-order valence-electron chi connectivity index (χ4n) is 2.22. The maximum atomic E-state index is 11.3. The molecule has 0 aliphatic carbocycles. The van der Waals surface area contributed by atoms with Crippen LogP contribution >= 0.6 is 0 Å². The van der Waals surface area contributed by atoms with Crippen LogP contribution in [0.4, 0.5) is 0 Å². The van der Waals surface area contributed by atoms with Crippen molar-refractivity contribution < 1.29 is 9.90 Å². The van der Waals surface area contributed by atoms with Gasteiger partial charge >= 0.3 is 5.97 Å². The summed E-state index contributed by atoms with van der Waals surface area (Å²) >= 11 is 0. The van der Waals surface area contributed by atoms with Crippen molar-refractivity contribution in [3.63, 3.8) is 0 Å². The van der Waals surface area contributed by atoms with Crippen LogP contribution in [0.5, 0.6) is 0 Å². The minimum absolute atomic E-state index is 0.215. The molecular weight excluding hydrogens is 256 g/mol. The van der Waals surface area contributed by atoms with E-state index in [-0.39, 0.29) is 5.56 Å². The average Bonchev–Trinajstić information content (AvgIpc) is 2.78. The normalized spacial score (nSPS) is 10.9. The lowest BCUT2D eigenvalue weighted by Gasteiger charge is -2.03. The van der Waals surface area contributed by atoms with Gasteiger partial charge in [0.1, 0.15) is 11.3 Å². The van der Waals surface area contributed by atoms with Crippen molar-refractivity contribution in [1.29, 1.82) is 0 Å². The Hall–Kier alpha value is -2.76. The highest BCUT2D eigenvalue weighted by Gasteiger charge is 2.18. The molecule has 3 aromatic heterocycles. The van der Waals surface area contributed by atoms with Gasteiger partial charge in [-0.1, -0.05) is 6.07 Å². The van der Waals surface area contributed by atoms with E-state index >= 15 is 0 Å². The first-order chi connectivity index (χ1) is 9.58. The van der Waals surface area contributed by atoms with Crippen molar-refractivity contribution in [1.82, 2.24) is 19.5 Å². The summed E-state index contributed by atoms with van der Waals surface area (Å²) in [5, 5.41) is 9.79. The number of carboxylic acids is 1. The molecule has 100 valence electrons. The largest absolute Gasteiger partial charge is 0.478 e. The second-order valence-corrected chi connectivity index (χ2v) is 4.51. The van der Waals surface area contributed by atoms with Gasteiger partial charge in [-0.3, -0.25) is 4.98 Å². The smallest absolute Gasteiger partial charge is 0.338 e. The third kappa shape index (κ3) is 1.82. The molecule has 1 N–H and O–H groups in total. The van der Waals surface area contributed by atoms with Crippen LogP contribution in [0.25, 0.3) is 22.6 Å². The highest BCUT2D eigenvalue weighted by molar-refractivity contribution is 6.03. The van der Waals surface area contributed by atoms with E-state index < -0.39 is 5.97 Å². The molecule has 0 aromatic carbocycles. The number of hydrogen-bond acceptors (Lipinski definition) is 4. The summed E-state index contributed by atoms with van der Waals surface area (Å²) in [5.41, 5.74) is 2.10. The Kier molecular flexibility index (Phi) is 2.71. The molecule has 3 heterocycles. The van der Waals surface area contributed by atoms with Gasteiger partial charge in [-0.2, -0.15) is 0 Å². The highest BCUT2D eigenvalue weighted by Crippen LogP contribution is 2.24. The molecule has 0 aliphatic heterocycles. The van der Waals surface area contributed by atoms with Crippen LogP contribution in [0.15, 0.2) is 30.6 Å². The third-order valence-electron chi connectivity index (χ3n) is 3.12. The van der Waals surface area contributed by atoms with Gasteiger partial charge in [0, 0.05) is 19.4 Å². The zero-order valence-corrected chi connectivity index (χ0v) is 11.0. The number of pyridine rings is 1. The number of fused-ring (bicyclic) bond motifs is 1. The van der Waals surface area contributed by atoms with E-state index in [4.69, 9.17) is 0 Å². The summed E-state index contributed by atoms with van der Waals surface area (Å²) in [7, 11) is 1.77. The quantitative estimate of drug-likeness (QED) is 0.769. The lowest BCUT2D eigenvalue weighted by atomic mass is 10.2. The summed E-state index contributed by atoms with van der Waals surface area (Å²) in [6.45, 7) is 1.78. The summed E-state index contributed by atoms with van der Waals surface area (Å²) in [5.74, 6) is -0.485. The Labute approximate surface area is 114 Å². The second-order valence-electron chi connectivity index (χ2n) is 4.51. The molecule has 0 bridgehead atoms. The van der Waals surface area contributed by atoms with Gasteiger partial charge in [0.2, 0.25) is 0 Å². The molecule has 20 heavy (non-hydrogen) atoms. The van der Waals surface area contributed by atoms with Crippen molar-refractivity contribution in [2.24, 2.45) is 7.05 Å². The van der Waals surface area contributed by atoms with Gasteiger partial charge < -0.3 is 9.67 Å². The Bertz CT molecular complexity index is 809. The topological polar surface area (TPSA) is 80.9 Å². The molecule has 0 fully saturated rings. The first kappa shape index (κ1) is 12.3. The molecule has 0 saturated heterocycles. The zero-order chi connectivity index (χ0) is 14.3. The lowest BCUT2D eigenvalue weighted by molar-refractivity contribution is 0.0698. The summed E-state index contributed by atoms with van der Waals surface area (Å²) in [6, 6.07) is 5.50. The van der Waals surface area contributed by atoms with Crippen LogP contribution in [-0.2, 0) is 7.05 Å². The van der Waals surface area contributed by atoms with Crippen molar-refractivity contribution in [3.05, 3.63) is 41.9 Å². The van der Waals surface area contributed by atoms with Gasteiger partial charge in [0.25, 0.3) is 0 Å². The van der Waals surface area contributed by atoms with E-state index in [9.17, 15) is 9.90 Å². The van der Waals surface area contributed by atoms with Crippen molar-refractivity contribution in [3.8, 4) is 11.5 Å². The Balaban J connectivity index is 2.31. The van der Waals surface area contributed by atoms with Crippen LogP contribution < -0.4 is 0 Å². The summed E-state index contributed by atoms with van der Waals surface area (Å²) < 4.78 is 1.69. The van der Waals surface area contributed by atoms with Crippen molar-refractivity contribution in [2.45, 2.75) is 6.92 Å². The molecule has 0 saturated carbocycles. The number of carboxylic acid groups (broad SMARTS) is 1. The standard InChI is InChI=1S/C14H12N4O2/c1-8-11-9(14(19)20)7-18(2)13(11)17-12(16-8)10-5-3-4-6-15-10/h3-7H,1-2H3,(H,19,20). The number of carbonyl (C=O) groups is 1. The van der Waals surface area contributed by atoms with Crippen molar-refractivity contribution in [2.75, 3.05) is 0 Å². The fraction of sp³-hybridized carbons (Fsp3) is 0.143. The van der Waals surface area contributed by atoms with E-state index in [0.717, 1.165) is 0 Å². The highest BCUT2D eigenvalue weighted by atomic mass is 16.4. The predicted molar refractivity (Wildman–Crippen MR) is 73.4 cm³/mol. The first-order valence-electron chi connectivity index (χ1n) is 6.06. The SMILES string of the molecule is Cc1nc(-c2ccccn2)nc2c1c(C(=O)O)cn2C. The Morgan fingerprint density at radius 3 is 2.75 bits per heavy atom. The van der Waals surface area contributed by atoms with Gasteiger partial charge in [-0.25, -0.2) is 14.8 Å². The van der Waals surface area contributed by atoms with E-state index in [1.165, 1.54) is 0 Å². The van der Waals surface area contributed by atoms with Crippen LogP contribution in [0, 0.1) is 6.92 Å². The van der Waals surface area contributed by atoms with E-state index in [2.05, 4.69) is 15.0 Å². The monoisotopic (exact) mass is 268 g/mol. The minimum atomic E-state index is -0.979. The Morgan fingerprint density at radius 1 is 1.30 bits per heavy atom. The molecule has 0 spiro atoms. The first-order valence-corrected chi connectivity index (χ1v) is 6.06. The van der Waals surface area contributed by atoms with Gasteiger partial charge in [-0.05, 0) is 19.1 Å². The summed E-state index contributed by atoms with van der Waals surface area (Å²) in [4.78, 5) is 24.3. The molecule has 0 radical (unpaired) electrons. The summed E-state index contributed by atoms with van der Waals surface area (Å²) in [6.07, 6.45) is 3.22. The van der Waals surface area contributed by atoms with Crippen LogP contribution in [0.1, 0.15) is 16.1 Å². The molecule has 6 nitrogen and oxygen atoms in total. The van der Waals surface area contributed by atoms with Gasteiger partial charge in [0.05, 0.1) is 16.6 Å². The maximum Gasteiger partial charge on any atom is 0.338 e.